The van der Waals surface area contributed by atoms with Crippen LogP contribution in [0.25, 0.3) is 11.0 Å². The molecule has 2 N–H and O–H groups in total. The predicted molar refractivity (Wildman–Crippen MR) is 218 cm³/mol. The summed E-state index contributed by atoms with van der Waals surface area (Å²) in [6, 6.07) is 4.86. The normalized spacial score (nSPS) is 27.4. The van der Waals surface area contributed by atoms with Crippen molar-refractivity contribution in [3.63, 3.8) is 0 Å². The molecule has 2 saturated carbocycles. The number of carbonyl (C=O) groups excluding carboxylic acids is 3. The number of nitrogens with one attached hydrogen (secondary N) is 2. The molecule has 1 aromatic carbocycles. The summed E-state index contributed by atoms with van der Waals surface area (Å²) in [5.41, 5.74) is 1.29. The van der Waals surface area contributed by atoms with E-state index in [9.17, 15) is 27.6 Å². The van der Waals surface area contributed by atoms with Gasteiger partial charge in [0.2, 0.25) is 23.7 Å². The van der Waals surface area contributed by atoms with Gasteiger partial charge in [-0.2, -0.15) is 22.0 Å². The highest BCUT2D eigenvalue weighted by atomic mass is 32.2. The first-order valence-electron chi connectivity index (χ1n) is 21.5. The fraction of sp³-hybridized carbons (Fsp3) is 0.659. The Morgan fingerprint density at radius 2 is 1.75 bits per heavy atom. The Kier molecular flexibility index (Phi) is 9.45. The maximum Gasteiger partial charge on any atom is 0.329 e. The number of fused-ring (bicyclic) bond motifs is 3. The quantitative estimate of drug-likeness (QED) is 0.286. The second-order valence-corrected chi connectivity index (χ2v) is 20.2. The molecule has 59 heavy (non-hydrogen) atoms. The predicted octanol–water partition coefficient (Wildman–Crippen LogP) is 2.27. The molecule has 3 unspecified atom stereocenters. The number of amides is 3. The Bertz CT molecular complexity index is 2380. The molecule has 3 amide bonds. The van der Waals surface area contributed by atoms with Crippen LogP contribution in [0.3, 0.4) is 0 Å². The van der Waals surface area contributed by atoms with Crippen LogP contribution in [0.5, 0.6) is 5.75 Å². The van der Waals surface area contributed by atoms with Crippen molar-refractivity contribution in [3.8, 4) is 5.75 Å². The molecule has 4 saturated heterocycles. The summed E-state index contributed by atoms with van der Waals surface area (Å²) in [6.07, 6.45) is 10.5. The summed E-state index contributed by atoms with van der Waals surface area (Å²) in [6.45, 7) is 6.78. The lowest BCUT2D eigenvalue weighted by Gasteiger charge is -2.54. The van der Waals surface area contributed by atoms with Crippen LogP contribution in [-0.4, -0.2) is 123 Å². The molecule has 10 rings (SSSR count). The topological polar surface area (TPSA) is 184 Å². The standard InChI is InChI=1S/C41H54N10O7S/c1-26-6-3-7-29(26)51-35-28(41(15-16-41)37(51)54)22-42-38(45-35)43-27-12-18-48(19-13-27)59(56,57)49-24-40(25-49)14-5-17-47(23-40)20-21-58-32-9-4-8-30-34(32)46(2)39(55)50(30)31-10-11-33(52)44-36(31)53/h4,8-9,22,26-27,29,31H,3,5-7,10-21,23-25H2,1-2H3,(H,42,43,45)(H,44,52,53). The molecule has 2 aliphatic carbocycles. The van der Waals surface area contributed by atoms with Gasteiger partial charge >= 0.3 is 5.69 Å². The number of rotatable bonds is 10. The highest BCUT2D eigenvalue weighted by Crippen LogP contribution is 2.58. The van der Waals surface area contributed by atoms with Gasteiger partial charge in [0.1, 0.15) is 29.7 Å². The highest BCUT2D eigenvalue weighted by molar-refractivity contribution is 7.86. The molecule has 7 aliphatic rings. The van der Waals surface area contributed by atoms with Gasteiger partial charge in [0, 0.05) is 82.0 Å². The molecule has 6 fully saturated rings. The molecular weight excluding hydrogens is 777 g/mol. The van der Waals surface area contributed by atoms with Crippen molar-refractivity contribution in [2.24, 2.45) is 18.4 Å². The van der Waals surface area contributed by atoms with Gasteiger partial charge in [-0.1, -0.05) is 19.4 Å². The van der Waals surface area contributed by atoms with Crippen LogP contribution < -0.4 is 26.0 Å². The number of aromatic nitrogens is 4. The largest absolute Gasteiger partial charge is 0.490 e. The molecule has 3 aromatic rings. The van der Waals surface area contributed by atoms with E-state index in [-0.39, 0.29) is 47.8 Å². The molecule has 0 bridgehead atoms. The molecular formula is C41H54N10O7S. The highest BCUT2D eigenvalue weighted by Gasteiger charge is 2.62. The zero-order valence-corrected chi connectivity index (χ0v) is 34.7. The lowest BCUT2D eigenvalue weighted by atomic mass is 9.75. The lowest BCUT2D eigenvalue weighted by Crippen LogP contribution is -2.66. The van der Waals surface area contributed by atoms with Crippen molar-refractivity contribution >= 4 is 50.7 Å². The van der Waals surface area contributed by atoms with Gasteiger partial charge in [-0.3, -0.25) is 38.6 Å². The van der Waals surface area contributed by atoms with Crippen LogP contribution in [0.1, 0.15) is 89.2 Å². The first-order chi connectivity index (χ1) is 28.4. The number of imide groups is 1. The third kappa shape index (κ3) is 6.47. The third-order valence-corrected chi connectivity index (χ3v) is 16.4. The minimum atomic E-state index is -3.60. The van der Waals surface area contributed by atoms with E-state index in [0.717, 1.165) is 69.4 Å². The van der Waals surface area contributed by atoms with Gasteiger partial charge in [0.25, 0.3) is 10.2 Å². The second kappa shape index (κ2) is 14.4. The van der Waals surface area contributed by atoms with Crippen LogP contribution in [-0.2, 0) is 37.1 Å². The van der Waals surface area contributed by atoms with Gasteiger partial charge < -0.3 is 10.1 Å². The lowest BCUT2D eigenvalue weighted by molar-refractivity contribution is -0.135. The summed E-state index contributed by atoms with van der Waals surface area (Å²) in [4.78, 5) is 65.3. The summed E-state index contributed by atoms with van der Waals surface area (Å²) < 4.78 is 40.2. The average Bonchev–Trinajstić information content (AvgIpc) is 3.78. The number of ether oxygens (including phenoxy) is 1. The van der Waals surface area contributed by atoms with Gasteiger partial charge in [0.05, 0.1) is 10.9 Å². The van der Waals surface area contributed by atoms with E-state index in [2.05, 4.69) is 27.4 Å². The Hall–Kier alpha value is -4.39. The van der Waals surface area contributed by atoms with Crippen LogP contribution >= 0.6 is 0 Å². The molecule has 7 heterocycles. The van der Waals surface area contributed by atoms with Gasteiger partial charge in [0.15, 0.2) is 0 Å². The van der Waals surface area contributed by atoms with Crippen molar-refractivity contribution in [3.05, 3.63) is 40.4 Å². The number of hydrogen-bond acceptors (Lipinski definition) is 11. The maximum atomic E-state index is 13.8. The van der Waals surface area contributed by atoms with E-state index in [4.69, 9.17) is 9.72 Å². The molecule has 17 nitrogen and oxygen atoms in total. The van der Waals surface area contributed by atoms with Crippen molar-refractivity contribution < 1.29 is 27.5 Å². The van der Waals surface area contributed by atoms with E-state index >= 15 is 0 Å². The summed E-state index contributed by atoms with van der Waals surface area (Å²) in [7, 11) is -1.94. The van der Waals surface area contributed by atoms with E-state index in [1.807, 2.05) is 17.2 Å². The minimum Gasteiger partial charge on any atom is -0.490 e. The van der Waals surface area contributed by atoms with E-state index in [0.29, 0.717) is 80.8 Å². The third-order valence-electron chi connectivity index (χ3n) is 14.5. The number of likely N-dealkylation sites (tertiary alicyclic amines) is 1. The number of anilines is 2. The number of piperidine rings is 3. The number of nitrogens with zero attached hydrogens (tertiary/aromatic N) is 8. The molecule has 0 radical (unpaired) electrons. The number of imidazole rings is 1. The number of para-hydroxylation sites is 1. The van der Waals surface area contributed by atoms with Crippen molar-refractivity contribution in [2.45, 2.75) is 101 Å². The Morgan fingerprint density at radius 3 is 2.47 bits per heavy atom. The summed E-state index contributed by atoms with van der Waals surface area (Å²) >= 11 is 0. The Balaban J connectivity index is 0.723. The van der Waals surface area contributed by atoms with Crippen LogP contribution in [0, 0.1) is 11.3 Å². The van der Waals surface area contributed by atoms with E-state index in [1.54, 1.807) is 27.8 Å². The number of aryl methyl sites for hydroxylation is 1. The second-order valence-electron chi connectivity index (χ2n) is 18.3. The fourth-order valence-electron chi connectivity index (χ4n) is 11.1. The van der Waals surface area contributed by atoms with Crippen molar-refractivity contribution in [2.75, 3.05) is 62.6 Å². The zero-order valence-electron chi connectivity index (χ0n) is 33.9. The Labute approximate surface area is 343 Å². The van der Waals surface area contributed by atoms with Crippen LogP contribution in [0.15, 0.2) is 29.2 Å². The molecule has 18 heteroatoms. The van der Waals surface area contributed by atoms with E-state index < -0.39 is 27.6 Å². The molecule has 2 spiro atoms. The molecule has 3 atom stereocenters. The fourth-order valence-corrected chi connectivity index (χ4v) is 12.9. The zero-order chi connectivity index (χ0) is 40.8. The van der Waals surface area contributed by atoms with Gasteiger partial charge in [-0.15, -0.1) is 0 Å². The monoisotopic (exact) mass is 830 g/mol. The molecule has 316 valence electrons. The van der Waals surface area contributed by atoms with Crippen LogP contribution in [0.2, 0.25) is 0 Å². The molecule has 5 aliphatic heterocycles. The molecule has 2 aromatic heterocycles. The van der Waals surface area contributed by atoms with Crippen molar-refractivity contribution in [1.29, 1.82) is 0 Å². The van der Waals surface area contributed by atoms with Crippen molar-refractivity contribution in [1.82, 2.24) is 37.9 Å². The first kappa shape index (κ1) is 38.8. The van der Waals surface area contributed by atoms with E-state index in [1.165, 1.54) is 9.13 Å². The number of benzene rings is 1. The number of carbonyl (C=O) groups is 3. The Morgan fingerprint density at radius 1 is 0.949 bits per heavy atom. The maximum absolute atomic E-state index is 13.8. The summed E-state index contributed by atoms with van der Waals surface area (Å²) in [5.74, 6) is 1.65. The first-order valence-corrected chi connectivity index (χ1v) is 22.9. The van der Waals surface area contributed by atoms with Gasteiger partial charge in [-0.25, -0.2) is 9.78 Å². The smallest absolute Gasteiger partial charge is 0.329 e. The summed E-state index contributed by atoms with van der Waals surface area (Å²) in [5, 5.41) is 5.83. The number of hydrogen-bond donors (Lipinski definition) is 2. The minimum absolute atomic E-state index is 0.0318. The van der Waals surface area contributed by atoms with Crippen LogP contribution in [0.4, 0.5) is 11.8 Å². The SMILES string of the molecule is CC1CCCC1N1C(=O)C2(CC2)c2cnc(NC3CCN(S(=O)(=O)N4CC5(CCCN(CCOc6cccc7c6n(C)c(=O)n7C6CCC(=O)NC6=O)C5)C4)CC3)nc21. The van der Waals surface area contributed by atoms with Gasteiger partial charge in [-0.05, 0) is 82.4 Å². The average molecular weight is 831 g/mol.